The fourth-order valence-corrected chi connectivity index (χ4v) is 6.56. The van der Waals surface area contributed by atoms with Crippen molar-refractivity contribution in [1.29, 1.82) is 0 Å². The number of hydrogen-bond donors (Lipinski definition) is 0. The van der Waals surface area contributed by atoms with Gasteiger partial charge in [0.05, 0.1) is 16.8 Å². The highest BCUT2D eigenvalue weighted by Gasteiger charge is 2.23. The lowest BCUT2D eigenvalue weighted by molar-refractivity contribution is 0.439. The molecule has 0 spiro atoms. The molecule has 0 amide bonds. The second-order valence-electron chi connectivity index (χ2n) is 11.4. The third-order valence-electron chi connectivity index (χ3n) is 8.67. The highest BCUT2D eigenvalue weighted by Crippen LogP contribution is 2.49. The zero-order valence-corrected chi connectivity index (χ0v) is 24.4. The molecule has 3 nitrogen and oxygen atoms in total. The van der Waals surface area contributed by atoms with Crippen molar-refractivity contribution in [1.82, 2.24) is 0 Å². The van der Waals surface area contributed by atoms with Gasteiger partial charge in [-0.1, -0.05) is 115 Å². The minimum absolute atomic E-state index is 0.673. The smallest absolute Gasteiger partial charge is 0.172 e. The number of fused-ring (bicyclic) bond motifs is 4. The highest BCUT2D eigenvalue weighted by atomic mass is 16.5. The van der Waals surface area contributed by atoms with Crippen LogP contribution in [0.5, 0.6) is 23.0 Å². The van der Waals surface area contributed by atoms with Crippen molar-refractivity contribution in [2.45, 2.75) is 0 Å². The second-order valence-corrected chi connectivity index (χ2v) is 11.4. The molecule has 3 heteroatoms. The van der Waals surface area contributed by atoms with Gasteiger partial charge in [-0.05, 0) is 75.1 Å². The third-order valence-corrected chi connectivity index (χ3v) is 8.67. The van der Waals surface area contributed by atoms with E-state index in [1.54, 1.807) is 0 Å². The molecule has 0 N–H and O–H groups in total. The maximum atomic E-state index is 6.62. The van der Waals surface area contributed by atoms with E-state index in [1.165, 1.54) is 32.7 Å². The Labute approximate surface area is 261 Å². The van der Waals surface area contributed by atoms with Gasteiger partial charge in [0.15, 0.2) is 11.5 Å². The standard InChI is InChI=1S/C42H27NO2/c1-2-10-28(11-3-1)29-20-22-32(23-21-29)43(37-26-31-12-4-5-15-34(31)35-16-6-7-17-36(35)37)33-24-25-38-41(27-33)45-40-19-9-14-30-13-8-18-39(44-38)42(30)40/h1-27H. The maximum absolute atomic E-state index is 6.62. The van der Waals surface area contributed by atoms with Crippen molar-refractivity contribution in [3.8, 4) is 34.1 Å². The zero-order chi connectivity index (χ0) is 29.7. The summed E-state index contributed by atoms with van der Waals surface area (Å²) in [7, 11) is 0. The largest absolute Gasteiger partial charge is 0.453 e. The number of benzene rings is 8. The highest BCUT2D eigenvalue weighted by molar-refractivity contribution is 6.14. The molecule has 9 rings (SSSR count). The summed E-state index contributed by atoms with van der Waals surface area (Å²) < 4.78 is 13.1. The van der Waals surface area contributed by atoms with Crippen molar-refractivity contribution in [3.63, 3.8) is 0 Å². The molecule has 1 heterocycles. The van der Waals surface area contributed by atoms with Crippen LogP contribution < -0.4 is 14.4 Å². The SMILES string of the molecule is c1ccc(-c2ccc(N(c3ccc4c(c3)Oc3cccc5cccc(c35)O4)c3cc4ccccc4c4ccccc34)cc2)cc1. The molecule has 0 aliphatic carbocycles. The predicted octanol–water partition coefficient (Wildman–Crippen LogP) is 12.2. The zero-order valence-electron chi connectivity index (χ0n) is 24.4. The lowest BCUT2D eigenvalue weighted by atomic mass is 9.98. The first kappa shape index (κ1) is 25.4. The van der Waals surface area contributed by atoms with Gasteiger partial charge in [-0.25, -0.2) is 0 Å². The van der Waals surface area contributed by atoms with Crippen LogP contribution in [0.2, 0.25) is 0 Å². The fourth-order valence-electron chi connectivity index (χ4n) is 6.56. The first-order valence-corrected chi connectivity index (χ1v) is 15.2. The monoisotopic (exact) mass is 577 g/mol. The Morgan fingerprint density at radius 2 is 0.956 bits per heavy atom. The molecule has 1 aliphatic rings. The Hall–Kier alpha value is -6.06. The Balaban J connectivity index is 1.25. The van der Waals surface area contributed by atoms with Gasteiger partial charge in [-0.15, -0.1) is 0 Å². The van der Waals surface area contributed by atoms with Crippen molar-refractivity contribution in [2.75, 3.05) is 4.90 Å². The van der Waals surface area contributed by atoms with Gasteiger partial charge in [-0.2, -0.15) is 0 Å². The molecule has 212 valence electrons. The van der Waals surface area contributed by atoms with Crippen molar-refractivity contribution < 1.29 is 9.47 Å². The van der Waals surface area contributed by atoms with E-state index in [0.717, 1.165) is 39.3 Å². The van der Waals surface area contributed by atoms with Crippen LogP contribution in [0.15, 0.2) is 164 Å². The lowest BCUT2D eigenvalue weighted by Gasteiger charge is -2.28. The quantitative estimate of drug-likeness (QED) is 0.194. The van der Waals surface area contributed by atoms with Crippen molar-refractivity contribution in [3.05, 3.63) is 164 Å². The maximum Gasteiger partial charge on any atom is 0.172 e. The molecular weight excluding hydrogens is 550 g/mol. The molecule has 8 aromatic rings. The lowest BCUT2D eigenvalue weighted by Crippen LogP contribution is -2.11. The van der Waals surface area contributed by atoms with E-state index in [9.17, 15) is 0 Å². The van der Waals surface area contributed by atoms with E-state index in [4.69, 9.17) is 9.47 Å². The predicted molar refractivity (Wildman–Crippen MR) is 186 cm³/mol. The topological polar surface area (TPSA) is 21.7 Å². The molecule has 0 unspecified atom stereocenters. The van der Waals surface area contributed by atoms with E-state index in [0.29, 0.717) is 11.5 Å². The molecule has 0 radical (unpaired) electrons. The van der Waals surface area contributed by atoms with Gasteiger partial charge in [0.2, 0.25) is 0 Å². The summed E-state index contributed by atoms with van der Waals surface area (Å²) in [6, 6.07) is 57.3. The summed E-state index contributed by atoms with van der Waals surface area (Å²) in [5.41, 5.74) is 5.48. The van der Waals surface area contributed by atoms with Gasteiger partial charge < -0.3 is 14.4 Å². The molecular formula is C42H27NO2. The van der Waals surface area contributed by atoms with Crippen LogP contribution in [-0.4, -0.2) is 0 Å². The van der Waals surface area contributed by atoms with Crippen LogP contribution in [0.3, 0.4) is 0 Å². The van der Waals surface area contributed by atoms with Gasteiger partial charge in [0, 0.05) is 17.1 Å². The van der Waals surface area contributed by atoms with Crippen LogP contribution in [0.4, 0.5) is 17.1 Å². The Morgan fingerprint density at radius 1 is 0.356 bits per heavy atom. The van der Waals surface area contributed by atoms with Crippen LogP contribution in [0.1, 0.15) is 0 Å². The van der Waals surface area contributed by atoms with E-state index in [1.807, 2.05) is 36.4 Å². The first-order chi connectivity index (χ1) is 22.3. The van der Waals surface area contributed by atoms with Crippen LogP contribution >= 0.6 is 0 Å². The third kappa shape index (κ3) is 4.29. The molecule has 0 saturated carbocycles. The number of anilines is 3. The van der Waals surface area contributed by atoms with Crippen LogP contribution in [0.25, 0.3) is 43.4 Å². The molecule has 0 fully saturated rings. The number of ether oxygens (including phenoxy) is 2. The second kappa shape index (κ2) is 10.3. The van der Waals surface area contributed by atoms with E-state index in [2.05, 4.69) is 132 Å². The van der Waals surface area contributed by atoms with E-state index < -0.39 is 0 Å². The number of nitrogens with zero attached hydrogens (tertiary/aromatic N) is 1. The summed E-state index contributed by atoms with van der Waals surface area (Å²) in [6.07, 6.45) is 0. The molecule has 0 bridgehead atoms. The van der Waals surface area contributed by atoms with Gasteiger partial charge in [0.1, 0.15) is 11.5 Å². The number of rotatable bonds is 4. The molecule has 0 atom stereocenters. The first-order valence-electron chi connectivity index (χ1n) is 15.2. The van der Waals surface area contributed by atoms with E-state index >= 15 is 0 Å². The van der Waals surface area contributed by atoms with Crippen molar-refractivity contribution in [2.24, 2.45) is 0 Å². The van der Waals surface area contributed by atoms with Gasteiger partial charge in [0.25, 0.3) is 0 Å². The summed E-state index contributed by atoms with van der Waals surface area (Å²) >= 11 is 0. The molecule has 8 aromatic carbocycles. The van der Waals surface area contributed by atoms with E-state index in [-0.39, 0.29) is 0 Å². The summed E-state index contributed by atoms with van der Waals surface area (Å²) in [5, 5.41) is 6.88. The average molecular weight is 578 g/mol. The van der Waals surface area contributed by atoms with Gasteiger partial charge >= 0.3 is 0 Å². The molecule has 0 aromatic heterocycles. The summed E-state index contributed by atoms with van der Waals surface area (Å²) in [4.78, 5) is 2.33. The fraction of sp³-hybridized carbons (Fsp3) is 0. The number of hydrogen-bond acceptors (Lipinski definition) is 3. The van der Waals surface area contributed by atoms with Crippen LogP contribution in [0, 0.1) is 0 Å². The summed E-state index contributed by atoms with van der Waals surface area (Å²) in [6.45, 7) is 0. The Kier molecular flexibility index (Phi) is 5.82. The molecule has 1 aliphatic heterocycles. The average Bonchev–Trinajstić information content (AvgIpc) is 3.26. The normalized spacial score (nSPS) is 11.9. The minimum Gasteiger partial charge on any atom is -0.453 e. The minimum atomic E-state index is 0.673. The van der Waals surface area contributed by atoms with Gasteiger partial charge in [-0.3, -0.25) is 0 Å². The molecule has 45 heavy (non-hydrogen) atoms. The Morgan fingerprint density at radius 3 is 1.73 bits per heavy atom. The Bertz CT molecular complexity index is 2370. The van der Waals surface area contributed by atoms with Crippen molar-refractivity contribution >= 4 is 49.4 Å². The summed E-state index contributed by atoms with van der Waals surface area (Å²) in [5.74, 6) is 2.94. The molecule has 0 saturated heterocycles. The van der Waals surface area contributed by atoms with Crippen LogP contribution in [-0.2, 0) is 0 Å².